The van der Waals surface area contributed by atoms with Gasteiger partial charge in [-0.2, -0.15) is 0 Å². The lowest BCUT2D eigenvalue weighted by atomic mass is 9.95. The number of aliphatic hydroxyl groups is 1. The number of fused-ring (bicyclic) bond motifs is 1. The van der Waals surface area contributed by atoms with Gasteiger partial charge in [0.1, 0.15) is 11.5 Å². The summed E-state index contributed by atoms with van der Waals surface area (Å²) in [5.41, 5.74) is 3.49. The highest BCUT2D eigenvalue weighted by Crippen LogP contribution is 2.29. The van der Waals surface area contributed by atoms with Gasteiger partial charge in [-0.1, -0.05) is 74.6 Å². The second-order valence-corrected chi connectivity index (χ2v) is 11.1. The van der Waals surface area contributed by atoms with E-state index in [2.05, 4.69) is 15.6 Å². The minimum atomic E-state index is -1.07. The Hall–Kier alpha value is -4.34. The molecule has 3 aromatic carbocycles. The molecule has 9 nitrogen and oxygen atoms in total. The van der Waals surface area contributed by atoms with E-state index in [-0.39, 0.29) is 11.3 Å². The van der Waals surface area contributed by atoms with Crippen LogP contribution in [0.5, 0.6) is 11.5 Å². The van der Waals surface area contributed by atoms with Crippen molar-refractivity contribution >= 4 is 17.0 Å². The highest BCUT2D eigenvalue weighted by molar-refractivity contribution is 5.87. The fraction of sp³-hybridized carbons (Fsp3) is 0.371. The first-order valence-electron chi connectivity index (χ1n) is 15.3. The van der Waals surface area contributed by atoms with Gasteiger partial charge in [-0.15, -0.1) is 0 Å². The van der Waals surface area contributed by atoms with Crippen molar-refractivity contribution in [2.45, 2.75) is 64.0 Å². The van der Waals surface area contributed by atoms with Gasteiger partial charge < -0.3 is 35.7 Å². The number of carboxylic acid groups (broad SMARTS) is 1. The van der Waals surface area contributed by atoms with E-state index in [1.54, 1.807) is 12.1 Å². The Labute approximate surface area is 257 Å². The van der Waals surface area contributed by atoms with Crippen LogP contribution in [0.25, 0.3) is 10.9 Å². The van der Waals surface area contributed by atoms with E-state index in [1.807, 2.05) is 55.5 Å². The Bertz CT molecular complexity index is 1570. The van der Waals surface area contributed by atoms with Gasteiger partial charge in [0, 0.05) is 18.0 Å². The number of hydrogen-bond donors (Lipinski definition) is 6. The largest absolute Gasteiger partial charge is 0.506 e. The molecule has 1 aromatic heterocycles. The maximum Gasteiger partial charge on any atom is 0.405 e. The predicted octanol–water partition coefficient (Wildman–Crippen LogP) is 6.33. The molecule has 0 spiro atoms. The van der Waals surface area contributed by atoms with Crippen LogP contribution in [-0.2, 0) is 0 Å². The lowest BCUT2D eigenvalue weighted by Gasteiger charge is -2.20. The summed E-state index contributed by atoms with van der Waals surface area (Å²) < 4.78 is 5.99. The molecule has 0 saturated heterocycles. The van der Waals surface area contributed by atoms with E-state index in [0.717, 1.165) is 73.9 Å². The molecule has 6 N–H and O–H groups in total. The van der Waals surface area contributed by atoms with Crippen LogP contribution in [0, 0.1) is 6.92 Å². The van der Waals surface area contributed by atoms with E-state index < -0.39 is 18.2 Å². The molecule has 44 heavy (non-hydrogen) atoms. The summed E-state index contributed by atoms with van der Waals surface area (Å²) in [5.74, 6) is 0.721. The van der Waals surface area contributed by atoms with Crippen LogP contribution >= 0.6 is 0 Å². The third-order valence-corrected chi connectivity index (χ3v) is 7.83. The number of carbonyl (C=O) groups is 1. The zero-order valence-electron chi connectivity index (χ0n) is 25.2. The number of amides is 1. The molecule has 4 rings (SSSR count). The number of nitrogens with one attached hydrogen (secondary N) is 3. The van der Waals surface area contributed by atoms with Gasteiger partial charge in [0.25, 0.3) is 0 Å². The monoisotopic (exact) mass is 601 g/mol. The highest BCUT2D eigenvalue weighted by Gasteiger charge is 2.19. The number of ether oxygens (including phenoxy) is 1. The minimum absolute atomic E-state index is 0.0149. The summed E-state index contributed by atoms with van der Waals surface area (Å²) in [5, 5.41) is 36.7. The number of phenols is 1. The van der Waals surface area contributed by atoms with Crippen LogP contribution in [0.2, 0.25) is 0 Å². The van der Waals surface area contributed by atoms with Crippen LogP contribution in [0.3, 0.4) is 0 Å². The van der Waals surface area contributed by atoms with Gasteiger partial charge in [-0.25, -0.2) is 4.79 Å². The molecule has 0 aliphatic heterocycles. The Morgan fingerprint density at radius 1 is 0.886 bits per heavy atom. The normalized spacial score (nSPS) is 12.6. The molecule has 0 fully saturated rings. The average molecular weight is 602 g/mol. The van der Waals surface area contributed by atoms with E-state index >= 15 is 0 Å². The Morgan fingerprint density at radius 2 is 1.64 bits per heavy atom. The maximum absolute atomic E-state index is 11.6. The minimum Gasteiger partial charge on any atom is -0.506 e. The van der Waals surface area contributed by atoms with Crippen LogP contribution in [0.4, 0.5) is 4.79 Å². The van der Waals surface area contributed by atoms with Crippen molar-refractivity contribution in [2.75, 3.05) is 19.7 Å². The zero-order valence-corrected chi connectivity index (χ0v) is 25.2. The maximum atomic E-state index is 11.6. The molecule has 0 saturated carbocycles. The molecular formula is C35H43N3O6. The lowest BCUT2D eigenvalue weighted by molar-refractivity contribution is 0.176. The number of hydrogen-bond acceptors (Lipinski definition) is 6. The highest BCUT2D eigenvalue weighted by atomic mass is 16.5. The molecule has 0 radical (unpaired) electrons. The zero-order chi connectivity index (χ0) is 31.3. The van der Waals surface area contributed by atoms with Crippen molar-refractivity contribution in [1.29, 1.82) is 0 Å². The van der Waals surface area contributed by atoms with Gasteiger partial charge >= 0.3 is 6.09 Å². The number of rotatable bonds is 17. The van der Waals surface area contributed by atoms with Gasteiger partial charge in [-0.05, 0) is 72.8 Å². The molecule has 2 atom stereocenters. The quantitative estimate of drug-likeness (QED) is 0.0776. The summed E-state index contributed by atoms with van der Waals surface area (Å²) in [6, 6.07) is 21.1. The first kappa shape index (κ1) is 32.6. The molecule has 234 valence electrons. The molecule has 1 unspecified atom stereocenters. The Morgan fingerprint density at radius 3 is 2.41 bits per heavy atom. The summed E-state index contributed by atoms with van der Waals surface area (Å²) >= 11 is 0. The number of aliphatic hydroxyl groups excluding tert-OH is 1. The van der Waals surface area contributed by atoms with Crippen LogP contribution in [0.1, 0.15) is 79.3 Å². The summed E-state index contributed by atoms with van der Waals surface area (Å²) in [7, 11) is 0. The third-order valence-electron chi connectivity index (χ3n) is 7.83. The number of aromatic amines is 1. The SMILES string of the molecule is Cc1ccccc1C(NC(=O)O)c1cccc(OCCCCCCCCCNC[C@@H](O)c2ccc(O)c3[nH]c(=O)ccc23)c1. The standard InChI is InChI=1S/C35H43N3O6/c1-24-12-7-8-15-27(24)33(38-35(42)43)25-13-11-14-26(22-25)44-21-10-6-4-2-3-5-9-20-36-23-31(40)28-16-18-30(39)34-29(28)17-19-32(41)37-34/h7-8,11-19,22,31,33,36,38-40H,2-6,9-10,20-21,23H2,1H3,(H,37,41)(H,42,43)/t31-,33?/m1/s1. The molecule has 0 bridgehead atoms. The second kappa shape index (κ2) is 16.5. The van der Waals surface area contributed by atoms with E-state index in [9.17, 15) is 24.9 Å². The van der Waals surface area contributed by atoms with Crippen LogP contribution in [0.15, 0.2) is 77.6 Å². The molecule has 1 heterocycles. The number of pyridine rings is 1. The Balaban J connectivity index is 1.08. The first-order chi connectivity index (χ1) is 21.3. The van der Waals surface area contributed by atoms with E-state index in [0.29, 0.717) is 29.6 Å². The molecule has 4 aromatic rings. The summed E-state index contributed by atoms with van der Waals surface area (Å²) in [6.45, 7) is 3.79. The van der Waals surface area contributed by atoms with Gasteiger partial charge in [-0.3, -0.25) is 4.79 Å². The van der Waals surface area contributed by atoms with Gasteiger partial charge in [0.2, 0.25) is 5.56 Å². The second-order valence-electron chi connectivity index (χ2n) is 11.1. The molecule has 0 aliphatic rings. The number of aryl methyl sites for hydroxylation is 1. The third kappa shape index (κ3) is 9.33. The Kier molecular flexibility index (Phi) is 12.2. The van der Waals surface area contributed by atoms with Gasteiger partial charge in [0.15, 0.2) is 0 Å². The number of aromatic nitrogens is 1. The van der Waals surface area contributed by atoms with E-state index in [1.165, 1.54) is 12.1 Å². The summed E-state index contributed by atoms with van der Waals surface area (Å²) in [6.07, 6.45) is 5.82. The molecular weight excluding hydrogens is 558 g/mol. The fourth-order valence-corrected chi connectivity index (χ4v) is 5.48. The van der Waals surface area contributed by atoms with Crippen LogP contribution < -0.4 is 20.9 Å². The van der Waals surface area contributed by atoms with Crippen molar-refractivity contribution in [1.82, 2.24) is 15.6 Å². The van der Waals surface area contributed by atoms with Crippen molar-refractivity contribution in [3.63, 3.8) is 0 Å². The molecule has 9 heteroatoms. The van der Waals surface area contributed by atoms with Crippen molar-refractivity contribution in [3.05, 3.63) is 105 Å². The lowest BCUT2D eigenvalue weighted by Crippen LogP contribution is -2.28. The van der Waals surface area contributed by atoms with Crippen molar-refractivity contribution < 1.29 is 24.9 Å². The van der Waals surface area contributed by atoms with Crippen molar-refractivity contribution in [3.8, 4) is 11.5 Å². The predicted molar refractivity (Wildman–Crippen MR) is 173 cm³/mol. The smallest absolute Gasteiger partial charge is 0.405 e. The number of phenolic OH excluding ortho intramolecular Hbond substituents is 1. The molecule has 0 aliphatic carbocycles. The van der Waals surface area contributed by atoms with Gasteiger partial charge in [0.05, 0.1) is 24.3 Å². The first-order valence-corrected chi connectivity index (χ1v) is 15.3. The average Bonchev–Trinajstić information content (AvgIpc) is 3.01. The molecule has 1 amide bonds. The number of unbranched alkanes of at least 4 members (excludes halogenated alkanes) is 6. The van der Waals surface area contributed by atoms with Crippen LogP contribution in [-0.4, -0.2) is 46.1 Å². The summed E-state index contributed by atoms with van der Waals surface area (Å²) in [4.78, 5) is 25.7. The number of aromatic hydroxyl groups is 1. The number of H-pyrrole nitrogens is 1. The number of benzene rings is 3. The fourth-order valence-electron chi connectivity index (χ4n) is 5.48. The van der Waals surface area contributed by atoms with E-state index in [4.69, 9.17) is 4.74 Å². The van der Waals surface area contributed by atoms with Crippen molar-refractivity contribution in [2.24, 2.45) is 0 Å². The topological polar surface area (TPSA) is 144 Å².